The van der Waals surface area contributed by atoms with Gasteiger partial charge in [0.05, 0.1) is 0 Å². The first-order valence-corrected chi connectivity index (χ1v) is 6.61. The first-order chi connectivity index (χ1) is 9.47. The fraction of sp³-hybridized carbons (Fsp3) is 0.188. The standard InChI is InChI=1S/C16H15ClFNO/c1-11-3-8-14(18)9-15(11)16(20)19(2)10-12-4-6-13(17)7-5-12/h3-9H,10H2,1-2H3. The zero-order chi connectivity index (χ0) is 14.7. The molecule has 2 nitrogen and oxygen atoms in total. The number of halogens is 2. The van der Waals surface area contributed by atoms with Crippen LogP contribution in [-0.4, -0.2) is 17.9 Å². The zero-order valence-corrected chi connectivity index (χ0v) is 12.1. The fourth-order valence-electron chi connectivity index (χ4n) is 1.97. The van der Waals surface area contributed by atoms with E-state index in [1.807, 2.05) is 12.1 Å². The molecule has 0 spiro atoms. The highest BCUT2D eigenvalue weighted by Gasteiger charge is 2.15. The predicted octanol–water partition coefficient (Wildman–Crippen LogP) is 4.06. The maximum atomic E-state index is 13.3. The molecule has 0 aliphatic carbocycles. The van der Waals surface area contributed by atoms with Crippen molar-refractivity contribution in [2.24, 2.45) is 0 Å². The molecule has 0 heterocycles. The molecule has 0 aliphatic heterocycles. The number of benzene rings is 2. The van der Waals surface area contributed by atoms with Crippen molar-refractivity contribution in [3.8, 4) is 0 Å². The molecule has 104 valence electrons. The van der Waals surface area contributed by atoms with Gasteiger partial charge in [0.25, 0.3) is 5.91 Å². The van der Waals surface area contributed by atoms with Gasteiger partial charge in [0.1, 0.15) is 5.82 Å². The average molecular weight is 292 g/mol. The van der Waals surface area contributed by atoms with E-state index in [1.165, 1.54) is 12.1 Å². The predicted molar refractivity (Wildman–Crippen MR) is 78.4 cm³/mol. The molecule has 0 saturated heterocycles. The summed E-state index contributed by atoms with van der Waals surface area (Å²) in [6.07, 6.45) is 0. The van der Waals surface area contributed by atoms with Gasteiger partial charge in [-0.15, -0.1) is 0 Å². The molecule has 0 saturated carbocycles. The van der Waals surface area contributed by atoms with Crippen molar-refractivity contribution in [2.75, 3.05) is 7.05 Å². The van der Waals surface area contributed by atoms with E-state index < -0.39 is 5.82 Å². The number of hydrogen-bond acceptors (Lipinski definition) is 1. The summed E-state index contributed by atoms with van der Waals surface area (Å²) in [5, 5.41) is 0.656. The van der Waals surface area contributed by atoms with Crippen LogP contribution in [0.4, 0.5) is 4.39 Å². The Balaban J connectivity index is 2.16. The maximum Gasteiger partial charge on any atom is 0.254 e. The second kappa shape index (κ2) is 6.06. The normalized spacial score (nSPS) is 10.4. The van der Waals surface area contributed by atoms with Crippen LogP contribution >= 0.6 is 11.6 Å². The Hall–Kier alpha value is -1.87. The minimum atomic E-state index is -0.404. The third-order valence-electron chi connectivity index (χ3n) is 3.11. The van der Waals surface area contributed by atoms with Gasteiger partial charge >= 0.3 is 0 Å². The summed E-state index contributed by atoms with van der Waals surface area (Å²) in [7, 11) is 1.70. The molecule has 0 aromatic heterocycles. The minimum Gasteiger partial charge on any atom is -0.337 e. The van der Waals surface area contributed by atoms with Crippen molar-refractivity contribution in [2.45, 2.75) is 13.5 Å². The van der Waals surface area contributed by atoms with Crippen LogP contribution in [0.15, 0.2) is 42.5 Å². The number of carbonyl (C=O) groups is 1. The van der Waals surface area contributed by atoms with Gasteiger partial charge in [0.2, 0.25) is 0 Å². The average Bonchev–Trinajstić information content (AvgIpc) is 2.43. The summed E-state index contributed by atoms with van der Waals surface area (Å²) in [6.45, 7) is 2.24. The molecule has 2 aromatic rings. The van der Waals surface area contributed by atoms with Crippen molar-refractivity contribution in [1.82, 2.24) is 4.90 Å². The number of amides is 1. The van der Waals surface area contributed by atoms with E-state index in [0.29, 0.717) is 17.1 Å². The lowest BCUT2D eigenvalue weighted by atomic mass is 10.1. The highest BCUT2D eigenvalue weighted by atomic mass is 35.5. The van der Waals surface area contributed by atoms with Crippen LogP contribution in [0, 0.1) is 12.7 Å². The lowest BCUT2D eigenvalue weighted by Crippen LogP contribution is -2.27. The highest BCUT2D eigenvalue weighted by Crippen LogP contribution is 2.15. The van der Waals surface area contributed by atoms with Crippen LogP contribution in [0.2, 0.25) is 5.02 Å². The summed E-state index contributed by atoms with van der Waals surface area (Å²) >= 11 is 5.82. The number of rotatable bonds is 3. The van der Waals surface area contributed by atoms with Gasteiger partial charge in [0, 0.05) is 24.2 Å². The monoisotopic (exact) mass is 291 g/mol. The summed E-state index contributed by atoms with van der Waals surface area (Å²) in [6, 6.07) is 11.5. The zero-order valence-electron chi connectivity index (χ0n) is 11.4. The van der Waals surface area contributed by atoms with Gasteiger partial charge in [-0.3, -0.25) is 4.79 Å². The van der Waals surface area contributed by atoms with E-state index in [-0.39, 0.29) is 5.91 Å². The Kier molecular flexibility index (Phi) is 4.40. The van der Waals surface area contributed by atoms with Crippen molar-refractivity contribution < 1.29 is 9.18 Å². The Morgan fingerprint density at radius 1 is 1.20 bits per heavy atom. The van der Waals surface area contributed by atoms with Gasteiger partial charge in [-0.05, 0) is 42.3 Å². The molecule has 0 unspecified atom stereocenters. The third-order valence-corrected chi connectivity index (χ3v) is 3.36. The minimum absolute atomic E-state index is 0.197. The molecule has 0 N–H and O–H groups in total. The molecule has 2 aromatic carbocycles. The van der Waals surface area contributed by atoms with Gasteiger partial charge in [-0.1, -0.05) is 29.8 Å². The number of nitrogens with zero attached hydrogens (tertiary/aromatic N) is 1. The van der Waals surface area contributed by atoms with Crippen molar-refractivity contribution >= 4 is 17.5 Å². The summed E-state index contributed by atoms with van der Waals surface area (Å²) < 4.78 is 13.3. The fourth-order valence-corrected chi connectivity index (χ4v) is 2.09. The van der Waals surface area contributed by atoms with Crippen LogP contribution < -0.4 is 0 Å². The SMILES string of the molecule is Cc1ccc(F)cc1C(=O)N(C)Cc1ccc(Cl)cc1. The quantitative estimate of drug-likeness (QED) is 0.835. The Bertz CT molecular complexity index is 625. The second-order valence-corrected chi connectivity index (χ2v) is 5.18. The molecule has 1 amide bonds. The van der Waals surface area contributed by atoms with Crippen molar-refractivity contribution in [1.29, 1.82) is 0 Å². The largest absolute Gasteiger partial charge is 0.337 e. The number of aryl methyl sites for hydroxylation is 1. The van der Waals surface area contributed by atoms with Crippen LogP contribution in [0.3, 0.4) is 0 Å². The smallest absolute Gasteiger partial charge is 0.254 e. The van der Waals surface area contributed by atoms with Crippen molar-refractivity contribution in [3.05, 3.63) is 70.0 Å². The van der Waals surface area contributed by atoms with E-state index in [9.17, 15) is 9.18 Å². The third kappa shape index (κ3) is 3.36. The Morgan fingerprint density at radius 2 is 1.85 bits per heavy atom. The molecule has 0 radical (unpaired) electrons. The molecule has 0 atom stereocenters. The van der Waals surface area contributed by atoms with E-state index in [1.54, 1.807) is 37.1 Å². The van der Waals surface area contributed by atoms with Crippen LogP contribution in [0.5, 0.6) is 0 Å². The molecule has 0 bridgehead atoms. The van der Waals surface area contributed by atoms with Crippen LogP contribution in [-0.2, 0) is 6.54 Å². The highest BCUT2D eigenvalue weighted by molar-refractivity contribution is 6.30. The summed E-state index contributed by atoms with van der Waals surface area (Å²) in [4.78, 5) is 13.9. The molecule has 20 heavy (non-hydrogen) atoms. The van der Waals surface area contributed by atoms with Gasteiger partial charge in [-0.2, -0.15) is 0 Å². The summed E-state index contributed by atoms with van der Waals surface area (Å²) in [5.74, 6) is -0.601. The van der Waals surface area contributed by atoms with Gasteiger partial charge in [-0.25, -0.2) is 4.39 Å². The van der Waals surface area contributed by atoms with Crippen LogP contribution in [0.1, 0.15) is 21.5 Å². The summed E-state index contributed by atoms with van der Waals surface area (Å²) in [5.41, 5.74) is 2.13. The number of carbonyl (C=O) groups excluding carboxylic acids is 1. The van der Waals surface area contributed by atoms with Crippen LogP contribution in [0.25, 0.3) is 0 Å². The molecule has 0 fully saturated rings. The first kappa shape index (κ1) is 14.5. The Morgan fingerprint density at radius 3 is 2.50 bits per heavy atom. The molecular formula is C16H15ClFNO. The molecule has 0 aliphatic rings. The van der Waals surface area contributed by atoms with Crippen molar-refractivity contribution in [3.63, 3.8) is 0 Å². The van der Waals surface area contributed by atoms with Gasteiger partial charge < -0.3 is 4.90 Å². The lowest BCUT2D eigenvalue weighted by Gasteiger charge is -2.18. The topological polar surface area (TPSA) is 20.3 Å². The Labute approximate surface area is 122 Å². The first-order valence-electron chi connectivity index (χ1n) is 6.23. The number of hydrogen-bond donors (Lipinski definition) is 0. The van der Waals surface area contributed by atoms with E-state index in [4.69, 9.17) is 11.6 Å². The van der Waals surface area contributed by atoms with E-state index in [2.05, 4.69) is 0 Å². The van der Waals surface area contributed by atoms with E-state index in [0.717, 1.165) is 11.1 Å². The molecular weight excluding hydrogens is 277 g/mol. The van der Waals surface area contributed by atoms with E-state index >= 15 is 0 Å². The molecule has 2 rings (SSSR count). The molecule has 4 heteroatoms. The maximum absolute atomic E-state index is 13.3. The second-order valence-electron chi connectivity index (χ2n) is 4.75. The van der Waals surface area contributed by atoms with Gasteiger partial charge in [0.15, 0.2) is 0 Å². The lowest BCUT2D eigenvalue weighted by molar-refractivity contribution is 0.0784.